The molecule has 0 aliphatic heterocycles. The Kier molecular flexibility index (Phi) is 4.76. The standard InChI is InChI=1S/C14H10Cl3NO2/c1-8-7-9(15)5-6-12(8)20-14(19)18-11-4-2-3-10(16)13(11)17/h2-7H,1H3,(H,18,19). The van der Waals surface area contributed by atoms with Gasteiger partial charge in [0, 0.05) is 5.02 Å². The highest BCUT2D eigenvalue weighted by atomic mass is 35.5. The van der Waals surface area contributed by atoms with Crippen LogP contribution in [0.15, 0.2) is 36.4 Å². The van der Waals surface area contributed by atoms with Gasteiger partial charge in [-0.25, -0.2) is 4.79 Å². The summed E-state index contributed by atoms with van der Waals surface area (Å²) in [4.78, 5) is 11.8. The quantitative estimate of drug-likeness (QED) is 0.782. The molecular formula is C14H10Cl3NO2. The number of hydrogen-bond donors (Lipinski definition) is 1. The third-order valence-electron chi connectivity index (χ3n) is 2.53. The number of amides is 1. The zero-order valence-corrected chi connectivity index (χ0v) is 12.7. The molecule has 3 nitrogen and oxygen atoms in total. The number of nitrogens with one attached hydrogen (secondary N) is 1. The number of carbonyl (C=O) groups excluding carboxylic acids is 1. The number of carbonyl (C=O) groups is 1. The summed E-state index contributed by atoms with van der Waals surface area (Å²) in [6.45, 7) is 1.79. The lowest BCUT2D eigenvalue weighted by Gasteiger charge is -2.10. The third-order valence-corrected chi connectivity index (χ3v) is 3.58. The van der Waals surface area contributed by atoms with E-state index < -0.39 is 6.09 Å². The van der Waals surface area contributed by atoms with Gasteiger partial charge in [-0.15, -0.1) is 0 Å². The average molecular weight is 331 g/mol. The van der Waals surface area contributed by atoms with Gasteiger partial charge < -0.3 is 4.74 Å². The first-order valence-electron chi connectivity index (χ1n) is 5.66. The maximum Gasteiger partial charge on any atom is 0.417 e. The maximum atomic E-state index is 11.8. The summed E-state index contributed by atoms with van der Waals surface area (Å²) in [6.07, 6.45) is -0.653. The maximum absolute atomic E-state index is 11.8. The first kappa shape index (κ1) is 15.0. The van der Waals surface area contributed by atoms with Crippen molar-refractivity contribution in [3.05, 3.63) is 57.0 Å². The first-order chi connectivity index (χ1) is 9.47. The molecule has 104 valence electrons. The smallest absolute Gasteiger partial charge is 0.410 e. The van der Waals surface area contributed by atoms with E-state index in [0.29, 0.717) is 21.5 Å². The van der Waals surface area contributed by atoms with Crippen LogP contribution in [0.3, 0.4) is 0 Å². The van der Waals surface area contributed by atoms with E-state index in [4.69, 9.17) is 39.5 Å². The molecule has 0 unspecified atom stereocenters. The van der Waals surface area contributed by atoms with Crippen molar-refractivity contribution in [2.45, 2.75) is 6.92 Å². The lowest BCUT2D eigenvalue weighted by molar-refractivity contribution is 0.215. The van der Waals surface area contributed by atoms with Gasteiger partial charge in [0.1, 0.15) is 5.75 Å². The molecule has 1 N–H and O–H groups in total. The number of rotatable bonds is 2. The van der Waals surface area contributed by atoms with Crippen molar-refractivity contribution >= 4 is 46.6 Å². The second-order valence-electron chi connectivity index (χ2n) is 4.03. The highest BCUT2D eigenvalue weighted by Gasteiger charge is 2.11. The Morgan fingerprint density at radius 2 is 1.90 bits per heavy atom. The van der Waals surface area contributed by atoms with E-state index in [-0.39, 0.29) is 5.02 Å². The lowest BCUT2D eigenvalue weighted by atomic mass is 10.2. The summed E-state index contributed by atoms with van der Waals surface area (Å²) in [7, 11) is 0. The van der Waals surface area contributed by atoms with Crippen molar-refractivity contribution in [3.63, 3.8) is 0 Å². The fourth-order valence-electron chi connectivity index (χ4n) is 1.56. The molecule has 0 bridgehead atoms. The Morgan fingerprint density at radius 1 is 1.15 bits per heavy atom. The molecule has 2 rings (SSSR count). The Morgan fingerprint density at radius 3 is 2.60 bits per heavy atom. The van der Waals surface area contributed by atoms with Gasteiger partial charge in [0.05, 0.1) is 15.7 Å². The van der Waals surface area contributed by atoms with Crippen LogP contribution in [0.4, 0.5) is 10.5 Å². The van der Waals surface area contributed by atoms with Gasteiger partial charge >= 0.3 is 6.09 Å². The number of anilines is 1. The summed E-state index contributed by atoms with van der Waals surface area (Å²) >= 11 is 17.7. The molecule has 0 saturated carbocycles. The second kappa shape index (κ2) is 6.35. The molecule has 0 saturated heterocycles. The normalized spacial score (nSPS) is 10.2. The van der Waals surface area contributed by atoms with Crippen LogP contribution < -0.4 is 10.1 Å². The minimum Gasteiger partial charge on any atom is -0.410 e. The van der Waals surface area contributed by atoms with Crippen molar-refractivity contribution in [3.8, 4) is 5.75 Å². The Labute approximate surface area is 131 Å². The van der Waals surface area contributed by atoms with Gasteiger partial charge in [0.2, 0.25) is 0 Å². The summed E-state index contributed by atoms with van der Waals surface area (Å²) in [5.74, 6) is 0.421. The van der Waals surface area contributed by atoms with E-state index in [0.717, 1.165) is 5.56 Å². The molecule has 0 radical (unpaired) electrons. The van der Waals surface area contributed by atoms with Gasteiger partial charge in [-0.2, -0.15) is 0 Å². The van der Waals surface area contributed by atoms with Crippen LogP contribution in [0.5, 0.6) is 5.75 Å². The highest BCUT2D eigenvalue weighted by Crippen LogP contribution is 2.30. The van der Waals surface area contributed by atoms with Crippen molar-refractivity contribution in [1.29, 1.82) is 0 Å². The number of benzene rings is 2. The molecule has 2 aromatic rings. The SMILES string of the molecule is Cc1cc(Cl)ccc1OC(=O)Nc1cccc(Cl)c1Cl. The highest BCUT2D eigenvalue weighted by molar-refractivity contribution is 6.43. The Bertz CT molecular complexity index is 659. The van der Waals surface area contributed by atoms with E-state index >= 15 is 0 Å². The van der Waals surface area contributed by atoms with E-state index in [2.05, 4.69) is 5.32 Å². The number of halogens is 3. The molecule has 1 amide bonds. The lowest BCUT2D eigenvalue weighted by Crippen LogP contribution is -2.17. The molecule has 0 heterocycles. The topological polar surface area (TPSA) is 38.3 Å². The third kappa shape index (κ3) is 3.57. The van der Waals surface area contributed by atoms with Gasteiger partial charge in [0.15, 0.2) is 0 Å². The molecule has 0 aromatic heterocycles. The molecule has 0 fully saturated rings. The zero-order chi connectivity index (χ0) is 14.7. The van der Waals surface area contributed by atoms with Crippen LogP contribution >= 0.6 is 34.8 Å². The van der Waals surface area contributed by atoms with Crippen molar-refractivity contribution in [2.24, 2.45) is 0 Å². The Hall–Kier alpha value is -1.42. The summed E-state index contributed by atoms with van der Waals surface area (Å²) < 4.78 is 5.19. The van der Waals surface area contributed by atoms with Crippen LogP contribution in [0.1, 0.15) is 5.56 Å². The fraction of sp³-hybridized carbons (Fsp3) is 0.0714. The largest absolute Gasteiger partial charge is 0.417 e. The Balaban J connectivity index is 2.11. The molecule has 6 heteroatoms. The molecule has 0 aliphatic carbocycles. The predicted octanol–water partition coefficient (Wildman–Crippen LogP) is 5.57. The van der Waals surface area contributed by atoms with Crippen molar-refractivity contribution in [2.75, 3.05) is 5.32 Å². The summed E-state index contributed by atoms with van der Waals surface area (Å²) in [5.41, 5.74) is 1.14. The van der Waals surface area contributed by atoms with Gasteiger partial charge in [0.25, 0.3) is 0 Å². The van der Waals surface area contributed by atoms with Crippen LogP contribution in [-0.2, 0) is 0 Å². The molecule has 0 atom stereocenters. The molecule has 20 heavy (non-hydrogen) atoms. The first-order valence-corrected chi connectivity index (χ1v) is 6.80. The van der Waals surface area contributed by atoms with Crippen LogP contribution in [0, 0.1) is 6.92 Å². The van der Waals surface area contributed by atoms with Crippen LogP contribution in [-0.4, -0.2) is 6.09 Å². The number of ether oxygens (including phenoxy) is 1. The average Bonchev–Trinajstić information content (AvgIpc) is 2.38. The van der Waals surface area contributed by atoms with E-state index in [9.17, 15) is 4.79 Å². The number of hydrogen-bond acceptors (Lipinski definition) is 2. The van der Waals surface area contributed by atoms with E-state index in [1.54, 1.807) is 43.3 Å². The molecule has 0 aliphatic rings. The minimum absolute atomic E-state index is 0.263. The summed E-state index contributed by atoms with van der Waals surface area (Å²) in [6, 6.07) is 9.90. The second-order valence-corrected chi connectivity index (χ2v) is 5.25. The molecular weight excluding hydrogens is 321 g/mol. The van der Waals surface area contributed by atoms with Crippen LogP contribution in [0.25, 0.3) is 0 Å². The van der Waals surface area contributed by atoms with Crippen molar-refractivity contribution in [1.82, 2.24) is 0 Å². The van der Waals surface area contributed by atoms with E-state index in [1.165, 1.54) is 0 Å². The summed E-state index contributed by atoms with van der Waals surface area (Å²) in [5, 5.41) is 3.72. The zero-order valence-electron chi connectivity index (χ0n) is 10.4. The molecule has 0 spiro atoms. The fourth-order valence-corrected chi connectivity index (χ4v) is 2.14. The minimum atomic E-state index is -0.653. The van der Waals surface area contributed by atoms with Gasteiger partial charge in [-0.1, -0.05) is 40.9 Å². The van der Waals surface area contributed by atoms with Crippen molar-refractivity contribution < 1.29 is 9.53 Å². The molecule has 2 aromatic carbocycles. The monoisotopic (exact) mass is 329 g/mol. The van der Waals surface area contributed by atoms with Gasteiger partial charge in [-0.05, 0) is 42.8 Å². The van der Waals surface area contributed by atoms with E-state index in [1.807, 2.05) is 0 Å². The predicted molar refractivity (Wildman–Crippen MR) is 82.3 cm³/mol. The number of aryl methyl sites for hydroxylation is 1. The van der Waals surface area contributed by atoms with Gasteiger partial charge in [-0.3, -0.25) is 5.32 Å². The van der Waals surface area contributed by atoms with Crippen LogP contribution in [0.2, 0.25) is 15.1 Å².